The number of nitrogens with zero attached hydrogens (tertiary/aromatic N) is 2. The Morgan fingerprint density at radius 2 is 2.14 bits per heavy atom. The van der Waals surface area contributed by atoms with Crippen LogP contribution in [-0.2, 0) is 14.3 Å². The Labute approximate surface area is 129 Å². The Morgan fingerprint density at radius 3 is 2.68 bits per heavy atom. The summed E-state index contributed by atoms with van der Waals surface area (Å²) in [5.41, 5.74) is -1.49. The van der Waals surface area contributed by atoms with Crippen molar-refractivity contribution in [3.63, 3.8) is 0 Å². The fourth-order valence-electron chi connectivity index (χ4n) is 2.57. The first-order chi connectivity index (χ1) is 10.5. The highest BCUT2D eigenvalue weighted by Gasteiger charge is 2.42. The molecule has 0 aromatic carbocycles. The first-order valence-corrected chi connectivity index (χ1v) is 7.47. The highest BCUT2D eigenvalue weighted by Crippen LogP contribution is 2.37. The lowest BCUT2D eigenvalue weighted by Crippen LogP contribution is -2.48. The summed E-state index contributed by atoms with van der Waals surface area (Å²) in [7, 11) is 0. The van der Waals surface area contributed by atoms with Crippen LogP contribution in [0.15, 0.2) is 10.2 Å². The molecule has 1 fully saturated rings. The van der Waals surface area contributed by atoms with Crippen molar-refractivity contribution in [3.8, 4) is 12.3 Å². The summed E-state index contributed by atoms with van der Waals surface area (Å²) in [4.78, 5) is 23.4. The fraction of sp³-hybridized carbons (Fsp3) is 0.733. The first kappa shape index (κ1) is 16.4. The molecule has 2 rings (SSSR count). The van der Waals surface area contributed by atoms with Gasteiger partial charge in [0.05, 0.1) is 6.61 Å². The zero-order valence-corrected chi connectivity index (χ0v) is 12.5. The lowest BCUT2D eigenvalue weighted by Gasteiger charge is -2.33. The van der Waals surface area contributed by atoms with Gasteiger partial charge in [-0.05, 0) is 12.8 Å². The number of carboxylic acids is 1. The summed E-state index contributed by atoms with van der Waals surface area (Å²) in [6, 6.07) is 0. The number of rotatable bonds is 8. The maximum Gasteiger partial charge on any atom is 0.313 e. The van der Waals surface area contributed by atoms with Crippen LogP contribution in [-0.4, -0.2) is 42.4 Å². The molecule has 0 aliphatic carbocycles. The molecule has 2 aliphatic heterocycles. The van der Waals surface area contributed by atoms with Crippen molar-refractivity contribution >= 4 is 11.9 Å². The van der Waals surface area contributed by atoms with Gasteiger partial charge in [0.2, 0.25) is 5.91 Å². The molecule has 0 aromatic heterocycles. The topological polar surface area (TPSA) is 100 Å². The van der Waals surface area contributed by atoms with Crippen molar-refractivity contribution in [2.24, 2.45) is 15.6 Å². The van der Waals surface area contributed by atoms with E-state index in [1.165, 1.54) is 0 Å². The molecular weight excluding hydrogens is 286 g/mol. The van der Waals surface area contributed by atoms with Gasteiger partial charge in [-0.1, -0.05) is 0 Å². The number of carbonyl (C=O) groups excluding carboxylic acids is 1. The molecular formula is C15H21N3O4. The van der Waals surface area contributed by atoms with Gasteiger partial charge in [-0.25, -0.2) is 0 Å². The summed E-state index contributed by atoms with van der Waals surface area (Å²) in [5.74, 6) is 1.42. The van der Waals surface area contributed by atoms with E-state index in [9.17, 15) is 14.7 Å². The predicted molar refractivity (Wildman–Crippen MR) is 78.0 cm³/mol. The molecule has 7 heteroatoms. The van der Waals surface area contributed by atoms with E-state index in [4.69, 9.17) is 11.2 Å². The molecule has 0 radical (unpaired) electrons. The molecule has 2 N–H and O–H groups in total. The summed E-state index contributed by atoms with van der Waals surface area (Å²) in [6.07, 6.45) is 8.42. The van der Waals surface area contributed by atoms with Crippen molar-refractivity contribution in [1.29, 1.82) is 0 Å². The number of nitrogens with one attached hydrogen (secondary N) is 1. The van der Waals surface area contributed by atoms with Crippen LogP contribution in [0.1, 0.15) is 38.5 Å². The second-order valence-corrected chi connectivity index (χ2v) is 5.90. The van der Waals surface area contributed by atoms with Crippen molar-refractivity contribution in [2.75, 3.05) is 19.8 Å². The zero-order chi connectivity index (χ0) is 16.1. The average Bonchev–Trinajstić information content (AvgIpc) is 3.30. The van der Waals surface area contributed by atoms with E-state index < -0.39 is 17.0 Å². The maximum absolute atomic E-state index is 11.9. The quantitative estimate of drug-likeness (QED) is 0.661. The third kappa shape index (κ3) is 4.04. The van der Waals surface area contributed by atoms with Crippen LogP contribution in [0.3, 0.4) is 0 Å². The van der Waals surface area contributed by atoms with Gasteiger partial charge in [0.15, 0.2) is 5.66 Å². The minimum absolute atomic E-state index is 0.0901. The van der Waals surface area contributed by atoms with E-state index in [1.54, 1.807) is 0 Å². The third-order valence-electron chi connectivity index (χ3n) is 4.20. The summed E-state index contributed by atoms with van der Waals surface area (Å²) < 4.78 is 5.27. The molecule has 0 spiro atoms. The van der Waals surface area contributed by atoms with E-state index >= 15 is 0 Å². The number of hydrogen-bond donors (Lipinski definition) is 2. The minimum Gasteiger partial charge on any atom is -0.481 e. The largest absolute Gasteiger partial charge is 0.481 e. The standard InChI is InChI=1S/C15H21N3O4/c1-2-3-7-15(17-18-15)8-5-12(19)16-10-14(13(20)21)6-4-9-22-11-14/h1H,3-11H2,(H,16,19)(H,20,21). The summed E-state index contributed by atoms with van der Waals surface area (Å²) in [6.45, 7) is 0.801. The van der Waals surface area contributed by atoms with Crippen molar-refractivity contribution in [3.05, 3.63) is 0 Å². The number of hydrogen-bond acceptors (Lipinski definition) is 5. The van der Waals surface area contributed by atoms with Gasteiger partial charge in [-0.2, -0.15) is 10.2 Å². The van der Waals surface area contributed by atoms with Crippen LogP contribution < -0.4 is 5.32 Å². The van der Waals surface area contributed by atoms with Crippen LogP contribution in [0.4, 0.5) is 0 Å². The smallest absolute Gasteiger partial charge is 0.313 e. The number of amides is 1. The first-order valence-electron chi connectivity index (χ1n) is 7.47. The molecule has 2 heterocycles. The lowest BCUT2D eigenvalue weighted by molar-refractivity contribution is -0.157. The third-order valence-corrected chi connectivity index (χ3v) is 4.20. The Bertz CT molecular complexity index is 497. The van der Waals surface area contributed by atoms with E-state index in [2.05, 4.69) is 21.5 Å². The Kier molecular flexibility index (Phi) is 5.14. The van der Waals surface area contributed by atoms with Gasteiger partial charge in [0.1, 0.15) is 5.41 Å². The monoisotopic (exact) mass is 307 g/mol. The highest BCUT2D eigenvalue weighted by atomic mass is 16.5. The highest BCUT2D eigenvalue weighted by molar-refractivity contribution is 5.79. The van der Waals surface area contributed by atoms with Crippen molar-refractivity contribution in [2.45, 2.75) is 44.2 Å². The van der Waals surface area contributed by atoms with Gasteiger partial charge in [-0.15, -0.1) is 12.3 Å². The number of carboxylic acid groups (broad SMARTS) is 1. The Morgan fingerprint density at radius 1 is 1.36 bits per heavy atom. The summed E-state index contributed by atoms with van der Waals surface area (Å²) >= 11 is 0. The minimum atomic E-state index is -1.01. The van der Waals surface area contributed by atoms with E-state index in [-0.39, 0.29) is 25.5 Å². The van der Waals surface area contributed by atoms with E-state index in [1.807, 2.05) is 0 Å². The van der Waals surface area contributed by atoms with Gasteiger partial charge in [0.25, 0.3) is 0 Å². The Balaban J connectivity index is 1.75. The molecule has 2 aliphatic rings. The molecule has 120 valence electrons. The maximum atomic E-state index is 11.9. The second-order valence-electron chi connectivity index (χ2n) is 5.90. The van der Waals surface area contributed by atoms with Gasteiger partial charge >= 0.3 is 5.97 Å². The molecule has 7 nitrogen and oxygen atoms in total. The van der Waals surface area contributed by atoms with Crippen LogP contribution in [0.25, 0.3) is 0 Å². The summed E-state index contributed by atoms with van der Waals surface area (Å²) in [5, 5.41) is 20.0. The molecule has 1 atom stereocenters. The molecule has 1 saturated heterocycles. The molecule has 1 amide bonds. The SMILES string of the molecule is C#CCCC1(CCC(=O)NCC2(C(=O)O)CCCOC2)N=N1. The van der Waals surface area contributed by atoms with Crippen molar-refractivity contribution < 1.29 is 19.4 Å². The second kappa shape index (κ2) is 6.88. The zero-order valence-electron chi connectivity index (χ0n) is 12.5. The van der Waals surface area contributed by atoms with E-state index in [0.29, 0.717) is 38.7 Å². The van der Waals surface area contributed by atoms with Gasteiger partial charge in [0, 0.05) is 38.8 Å². The van der Waals surface area contributed by atoms with Crippen LogP contribution >= 0.6 is 0 Å². The van der Waals surface area contributed by atoms with Crippen LogP contribution in [0.5, 0.6) is 0 Å². The van der Waals surface area contributed by atoms with Crippen LogP contribution in [0, 0.1) is 17.8 Å². The number of terminal acetylenes is 1. The van der Waals surface area contributed by atoms with Crippen LogP contribution in [0.2, 0.25) is 0 Å². The average molecular weight is 307 g/mol. The molecule has 0 aromatic rings. The number of aliphatic carboxylic acids is 1. The van der Waals surface area contributed by atoms with E-state index in [0.717, 1.165) is 0 Å². The van der Waals surface area contributed by atoms with Crippen molar-refractivity contribution in [1.82, 2.24) is 5.32 Å². The molecule has 0 bridgehead atoms. The molecule has 22 heavy (non-hydrogen) atoms. The van der Waals surface area contributed by atoms with Gasteiger partial charge in [-0.3, -0.25) is 9.59 Å². The normalized spacial score (nSPS) is 25.2. The number of ether oxygens (including phenoxy) is 1. The molecule has 1 unspecified atom stereocenters. The number of carbonyl (C=O) groups is 2. The predicted octanol–water partition coefficient (Wildman–Crippen LogP) is 1.34. The lowest BCUT2D eigenvalue weighted by atomic mass is 9.82. The van der Waals surface area contributed by atoms with Gasteiger partial charge < -0.3 is 15.2 Å². The Hall–Kier alpha value is -1.94. The molecule has 0 saturated carbocycles. The fourth-order valence-corrected chi connectivity index (χ4v) is 2.57.